The number of carbonyl (C=O) groups is 2. The molecule has 0 aliphatic rings. The second-order valence-corrected chi connectivity index (χ2v) is 5.07. The lowest BCUT2D eigenvalue weighted by Gasteiger charge is -2.33. The third kappa shape index (κ3) is 4.46. The van der Waals surface area contributed by atoms with Crippen LogP contribution in [-0.4, -0.2) is 47.6 Å². The lowest BCUT2D eigenvalue weighted by molar-refractivity contribution is -0.122. The van der Waals surface area contributed by atoms with Crippen LogP contribution in [0.15, 0.2) is 30.3 Å². The van der Waals surface area contributed by atoms with Crippen LogP contribution in [0.1, 0.15) is 24.2 Å². The van der Waals surface area contributed by atoms with Crippen molar-refractivity contribution in [3.05, 3.63) is 35.9 Å². The second-order valence-electron chi connectivity index (χ2n) is 5.07. The molecule has 0 saturated heterocycles. The molecule has 104 valence electrons. The SMILES string of the molecule is CN(CC(=O)NC(=O)c1ccccc1)C(C)(C)CO. The maximum absolute atomic E-state index is 11.8. The standard InChI is InChI=1S/C14H20N2O3/c1-14(2,10-17)16(3)9-12(18)15-13(19)11-7-5-4-6-8-11/h4-8,17H,9-10H2,1-3H3,(H,15,18,19). The number of hydrogen-bond acceptors (Lipinski definition) is 4. The first-order valence-corrected chi connectivity index (χ1v) is 6.08. The van der Waals surface area contributed by atoms with Crippen LogP contribution in [0.25, 0.3) is 0 Å². The molecule has 0 fully saturated rings. The third-order valence-corrected chi connectivity index (χ3v) is 3.09. The van der Waals surface area contributed by atoms with E-state index in [1.807, 2.05) is 13.8 Å². The van der Waals surface area contributed by atoms with Crippen LogP contribution in [0, 0.1) is 0 Å². The molecule has 19 heavy (non-hydrogen) atoms. The van der Waals surface area contributed by atoms with Crippen molar-refractivity contribution >= 4 is 11.8 Å². The first-order chi connectivity index (χ1) is 8.86. The first kappa shape index (κ1) is 15.3. The number of aliphatic hydroxyl groups is 1. The number of nitrogens with zero attached hydrogens (tertiary/aromatic N) is 1. The molecule has 1 aromatic rings. The van der Waals surface area contributed by atoms with Gasteiger partial charge in [0.15, 0.2) is 0 Å². The number of imide groups is 1. The van der Waals surface area contributed by atoms with Gasteiger partial charge in [-0.05, 0) is 33.0 Å². The van der Waals surface area contributed by atoms with Gasteiger partial charge in [0.25, 0.3) is 5.91 Å². The van der Waals surface area contributed by atoms with Crippen LogP contribution in [0.2, 0.25) is 0 Å². The summed E-state index contributed by atoms with van der Waals surface area (Å²) < 4.78 is 0. The fourth-order valence-electron chi connectivity index (χ4n) is 1.38. The van der Waals surface area contributed by atoms with Crippen LogP contribution in [0.5, 0.6) is 0 Å². The second kappa shape index (κ2) is 6.45. The van der Waals surface area contributed by atoms with Gasteiger partial charge < -0.3 is 5.11 Å². The lowest BCUT2D eigenvalue weighted by atomic mass is 10.1. The Labute approximate surface area is 113 Å². The fourth-order valence-corrected chi connectivity index (χ4v) is 1.38. The minimum absolute atomic E-state index is 0.0478. The molecule has 0 aliphatic heterocycles. The van der Waals surface area contributed by atoms with E-state index in [4.69, 9.17) is 0 Å². The summed E-state index contributed by atoms with van der Waals surface area (Å²) in [5, 5.41) is 11.5. The Morgan fingerprint density at radius 3 is 2.37 bits per heavy atom. The number of hydrogen-bond donors (Lipinski definition) is 2. The summed E-state index contributed by atoms with van der Waals surface area (Å²) in [7, 11) is 1.72. The average Bonchev–Trinajstić information content (AvgIpc) is 2.39. The zero-order valence-corrected chi connectivity index (χ0v) is 11.5. The molecule has 0 aromatic heterocycles. The molecule has 5 nitrogen and oxygen atoms in total. The van der Waals surface area contributed by atoms with E-state index in [-0.39, 0.29) is 13.2 Å². The number of benzene rings is 1. The van der Waals surface area contributed by atoms with Crippen LogP contribution in [0.3, 0.4) is 0 Å². The van der Waals surface area contributed by atoms with E-state index in [9.17, 15) is 14.7 Å². The monoisotopic (exact) mass is 264 g/mol. The minimum atomic E-state index is -0.507. The molecule has 5 heteroatoms. The summed E-state index contributed by atoms with van der Waals surface area (Å²) in [5.41, 5.74) is -0.0624. The summed E-state index contributed by atoms with van der Waals surface area (Å²) >= 11 is 0. The Morgan fingerprint density at radius 1 is 1.26 bits per heavy atom. The third-order valence-electron chi connectivity index (χ3n) is 3.09. The topological polar surface area (TPSA) is 69.6 Å². The number of aliphatic hydroxyl groups excluding tert-OH is 1. The van der Waals surface area contributed by atoms with Crippen molar-refractivity contribution in [2.75, 3.05) is 20.2 Å². The van der Waals surface area contributed by atoms with E-state index in [0.29, 0.717) is 5.56 Å². The highest BCUT2D eigenvalue weighted by Crippen LogP contribution is 2.09. The number of amides is 2. The average molecular weight is 264 g/mol. The summed E-state index contributed by atoms with van der Waals surface area (Å²) in [6, 6.07) is 8.56. The molecule has 0 aliphatic carbocycles. The van der Waals surface area contributed by atoms with Crippen molar-refractivity contribution in [2.24, 2.45) is 0 Å². The summed E-state index contributed by atoms with van der Waals surface area (Å²) in [5.74, 6) is -0.807. The molecule has 0 unspecified atom stereocenters. The van der Waals surface area contributed by atoms with E-state index in [1.54, 1.807) is 42.3 Å². The van der Waals surface area contributed by atoms with Crippen LogP contribution < -0.4 is 5.32 Å². The van der Waals surface area contributed by atoms with Crippen LogP contribution >= 0.6 is 0 Å². The normalized spacial score (nSPS) is 11.4. The number of likely N-dealkylation sites (N-methyl/N-ethyl adjacent to an activating group) is 1. The van der Waals surface area contributed by atoms with Gasteiger partial charge in [-0.15, -0.1) is 0 Å². The molecule has 1 rings (SSSR count). The molecule has 0 atom stereocenters. The smallest absolute Gasteiger partial charge is 0.257 e. The molecule has 0 saturated carbocycles. The maximum atomic E-state index is 11.8. The molecule has 2 amide bonds. The predicted molar refractivity (Wildman–Crippen MR) is 72.7 cm³/mol. The van der Waals surface area contributed by atoms with E-state index in [1.165, 1.54) is 0 Å². The van der Waals surface area contributed by atoms with E-state index >= 15 is 0 Å². The molecule has 0 spiro atoms. The molecular weight excluding hydrogens is 244 g/mol. The van der Waals surface area contributed by atoms with Gasteiger partial charge in [-0.1, -0.05) is 18.2 Å². The molecule has 1 aromatic carbocycles. The molecule has 0 heterocycles. The van der Waals surface area contributed by atoms with Gasteiger partial charge in [-0.2, -0.15) is 0 Å². The van der Waals surface area contributed by atoms with Crippen molar-refractivity contribution in [2.45, 2.75) is 19.4 Å². The van der Waals surface area contributed by atoms with Crippen molar-refractivity contribution in [1.29, 1.82) is 0 Å². The van der Waals surface area contributed by atoms with Gasteiger partial charge in [-0.25, -0.2) is 0 Å². The maximum Gasteiger partial charge on any atom is 0.257 e. The fraction of sp³-hybridized carbons (Fsp3) is 0.429. The Bertz CT molecular complexity index is 443. The predicted octanol–water partition coefficient (Wildman–Crippen LogP) is 0.646. The molecular formula is C14H20N2O3. The first-order valence-electron chi connectivity index (χ1n) is 6.08. The molecule has 2 N–H and O–H groups in total. The zero-order valence-electron chi connectivity index (χ0n) is 11.5. The van der Waals surface area contributed by atoms with Gasteiger partial charge in [0, 0.05) is 11.1 Å². The van der Waals surface area contributed by atoms with Crippen molar-refractivity contribution in [3.63, 3.8) is 0 Å². The van der Waals surface area contributed by atoms with Gasteiger partial charge >= 0.3 is 0 Å². The Kier molecular flexibility index (Phi) is 5.20. The number of nitrogens with one attached hydrogen (secondary N) is 1. The van der Waals surface area contributed by atoms with Gasteiger partial charge in [0.1, 0.15) is 0 Å². The van der Waals surface area contributed by atoms with Crippen LogP contribution in [-0.2, 0) is 4.79 Å². The van der Waals surface area contributed by atoms with Crippen molar-refractivity contribution in [3.8, 4) is 0 Å². The summed E-state index contributed by atoms with van der Waals surface area (Å²) in [4.78, 5) is 25.2. The largest absolute Gasteiger partial charge is 0.394 e. The molecule has 0 radical (unpaired) electrons. The Hall–Kier alpha value is -1.72. The Balaban J connectivity index is 2.55. The number of rotatable bonds is 5. The quantitative estimate of drug-likeness (QED) is 0.819. The van der Waals surface area contributed by atoms with Gasteiger partial charge in [0.05, 0.1) is 13.2 Å². The van der Waals surface area contributed by atoms with Crippen molar-refractivity contribution < 1.29 is 14.7 Å². The zero-order chi connectivity index (χ0) is 14.5. The van der Waals surface area contributed by atoms with E-state index in [0.717, 1.165) is 0 Å². The van der Waals surface area contributed by atoms with Gasteiger partial charge in [-0.3, -0.25) is 19.8 Å². The minimum Gasteiger partial charge on any atom is -0.394 e. The lowest BCUT2D eigenvalue weighted by Crippen LogP contribution is -2.49. The van der Waals surface area contributed by atoms with E-state index < -0.39 is 17.4 Å². The molecule has 0 bridgehead atoms. The Morgan fingerprint density at radius 2 is 1.84 bits per heavy atom. The van der Waals surface area contributed by atoms with Gasteiger partial charge in [0.2, 0.25) is 5.91 Å². The summed E-state index contributed by atoms with van der Waals surface area (Å²) in [6.07, 6.45) is 0. The van der Waals surface area contributed by atoms with Crippen LogP contribution in [0.4, 0.5) is 0 Å². The highest BCUT2D eigenvalue weighted by molar-refractivity contribution is 6.05. The summed E-state index contributed by atoms with van der Waals surface area (Å²) in [6.45, 7) is 3.62. The highest BCUT2D eigenvalue weighted by Gasteiger charge is 2.24. The van der Waals surface area contributed by atoms with Crippen molar-refractivity contribution in [1.82, 2.24) is 10.2 Å². The van der Waals surface area contributed by atoms with E-state index in [2.05, 4.69) is 5.32 Å². The highest BCUT2D eigenvalue weighted by atomic mass is 16.3. The number of carbonyl (C=O) groups excluding carboxylic acids is 2.